The molecule has 0 aliphatic heterocycles. The molecule has 20 heavy (non-hydrogen) atoms. The summed E-state index contributed by atoms with van der Waals surface area (Å²) in [6, 6.07) is 2.24. The number of hydrogen-bond donors (Lipinski definition) is 0. The highest BCUT2D eigenvalue weighted by Gasteiger charge is 2.27. The summed E-state index contributed by atoms with van der Waals surface area (Å²) >= 11 is 0. The average molecular weight is 282 g/mol. The molecule has 0 amide bonds. The first kappa shape index (κ1) is 15.4. The Kier molecular flexibility index (Phi) is 4.63. The van der Waals surface area contributed by atoms with Crippen LogP contribution in [-0.4, -0.2) is 45.2 Å². The van der Waals surface area contributed by atoms with Crippen LogP contribution in [0.1, 0.15) is 20.7 Å². The molecule has 0 unspecified atom stereocenters. The second-order valence-electron chi connectivity index (χ2n) is 4.02. The maximum atomic E-state index is 11.7. The molecule has 1 rings (SSSR count). The zero-order chi connectivity index (χ0) is 15.4. The Hall–Kier alpha value is -2.64. The van der Waals surface area contributed by atoms with Gasteiger partial charge in [0.25, 0.3) is 5.69 Å². The van der Waals surface area contributed by atoms with E-state index in [1.165, 1.54) is 13.2 Å². The molecule has 0 N–H and O–H groups in total. The normalized spacial score (nSPS) is 9.80. The van der Waals surface area contributed by atoms with Crippen molar-refractivity contribution in [2.75, 3.05) is 33.2 Å². The van der Waals surface area contributed by atoms with Gasteiger partial charge in [-0.25, -0.2) is 9.59 Å². The number of methoxy groups -OCH3 is 2. The Morgan fingerprint density at radius 3 is 2.00 bits per heavy atom. The first-order chi connectivity index (χ1) is 9.33. The van der Waals surface area contributed by atoms with Gasteiger partial charge in [0.15, 0.2) is 0 Å². The maximum Gasteiger partial charge on any atom is 0.344 e. The summed E-state index contributed by atoms with van der Waals surface area (Å²) in [5, 5.41) is 11.0. The van der Waals surface area contributed by atoms with Gasteiger partial charge in [-0.2, -0.15) is 0 Å². The summed E-state index contributed by atoms with van der Waals surface area (Å²) in [5.41, 5.74) is -0.420. The lowest BCUT2D eigenvalue weighted by molar-refractivity contribution is -0.385. The van der Waals surface area contributed by atoms with Crippen LogP contribution in [0.4, 0.5) is 11.4 Å². The number of hydrogen-bond acceptors (Lipinski definition) is 7. The standard InChI is InChI=1S/C12H14N2O6/c1-13(2)9-5-8(12(16)20-4)10(14(17)18)6-7(9)11(15)19-3/h5-6H,1-4H3. The Morgan fingerprint density at radius 1 is 1.10 bits per heavy atom. The van der Waals surface area contributed by atoms with Crippen LogP contribution in [0.3, 0.4) is 0 Å². The van der Waals surface area contributed by atoms with Gasteiger partial charge in [0.05, 0.1) is 30.4 Å². The van der Waals surface area contributed by atoms with Gasteiger partial charge in [0, 0.05) is 20.2 Å². The molecule has 0 atom stereocenters. The molecule has 0 aliphatic rings. The Labute approximate surface area is 115 Å². The summed E-state index contributed by atoms with van der Waals surface area (Å²) in [6.45, 7) is 0. The van der Waals surface area contributed by atoms with E-state index in [4.69, 9.17) is 0 Å². The van der Waals surface area contributed by atoms with Gasteiger partial charge in [0.2, 0.25) is 0 Å². The van der Waals surface area contributed by atoms with Crippen LogP contribution in [-0.2, 0) is 9.47 Å². The minimum absolute atomic E-state index is 0.00291. The van der Waals surface area contributed by atoms with Crippen molar-refractivity contribution in [3.8, 4) is 0 Å². The molecule has 0 aromatic heterocycles. The average Bonchev–Trinajstić information content (AvgIpc) is 2.43. The minimum atomic E-state index is -0.851. The minimum Gasteiger partial charge on any atom is -0.465 e. The third kappa shape index (κ3) is 2.85. The van der Waals surface area contributed by atoms with E-state index >= 15 is 0 Å². The van der Waals surface area contributed by atoms with Crippen molar-refractivity contribution >= 4 is 23.3 Å². The van der Waals surface area contributed by atoms with E-state index in [-0.39, 0.29) is 11.1 Å². The summed E-state index contributed by atoms with van der Waals surface area (Å²) in [6.07, 6.45) is 0. The van der Waals surface area contributed by atoms with Gasteiger partial charge in [-0.3, -0.25) is 10.1 Å². The van der Waals surface area contributed by atoms with Crippen molar-refractivity contribution in [3.05, 3.63) is 33.4 Å². The molecule has 0 heterocycles. The van der Waals surface area contributed by atoms with Crippen molar-refractivity contribution in [2.45, 2.75) is 0 Å². The van der Waals surface area contributed by atoms with E-state index in [2.05, 4.69) is 9.47 Å². The van der Waals surface area contributed by atoms with Crippen molar-refractivity contribution < 1.29 is 24.0 Å². The van der Waals surface area contributed by atoms with Crippen LogP contribution >= 0.6 is 0 Å². The predicted octanol–water partition coefficient (Wildman–Crippen LogP) is 1.23. The number of carbonyl (C=O) groups excluding carboxylic acids is 2. The Morgan fingerprint density at radius 2 is 1.60 bits per heavy atom. The van der Waals surface area contributed by atoms with E-state index in [1.807, 2.05) is 0 Å². The molecule has 0 fully saturated rings. The van der Waals surface area contributed by atoms with Crippen LogP contribution in [0.15, 0.2) is 12.1 Å². The molecule has 1 aromatic rings. The molecule has 1 aromatic carbocycles. The number of carbonyl (C=O) groups is 2. The van der Waals surface area contributed by atoms with E-state index < -0.39 is 22.5 Å². The summed E-state index contributed by atoms with van der Waals surface area (Å²) in [5.74, 6) is -1.58. The van der Waals surface area contributed by atoms with Crippen molar-refractivity contribution in [1.82, 2.24) is 0 Å². The van der Waals surface area contributed by atoms with Gasteiger partial charge in [-0.1, -0.05) is 0 Å². The molecular weight excluding hydrogens is 268 g/mol. The SMILES string of the molecule is COC(=O)c1cc([N+](=O)[O-])c(C(=O)OC)cc1N(C)C. The van der Waals surface area contributed by atoms with E-state index in [0.29, 0.717) is 5.69 Å². The fourth-order valence-corrected chi connectivity index (χ4v) is 1.64. The number of nitrogens with zero attached hydrogens (tertiary/aromatic N) is 2. The number of benzene rings is 1. The second kappa shape index (κ2) is 6.00. The zero-order valence-corrected chi connectivity index (χ0v) is 11.5. The van der Waals surface area contributed by atoms with Crippen LogP contribution in [0.2, 0.25) is 0 Å². The van der Waals surface area contributed by atoms with Crippen LogP contribution < -0.4 is 4.90 Å². The quantitative estimate of drug-likeness (QED) is 0.465. The summed E-state index contributed by atoms with van der Waals surface area (Å²) in [4.78, 5) is 35.1. The highest BCUT2D eigenvalue weighted by molar-refractivity contribution is 6.02. The second-order valence-corrected chi connectivity index (χ2v) is 4.02. The van der Waals surface area contributed by atoms with Crippen molar-refractivity contribution in [1.29, 1.82) is 0 Å². The number of anilines is 1. The Balaban J connectivity index is 3.63. The first-order valence-corrected chi connectivity index (χ1v) is 5.49. The lowest BCUT2D eigenvalue weighted by atomic mass is 10.1. The molecule has 8 nitrogen and oxygen atoms in total. The Bertz CT molecular complexity index is 567. The molecule has 108 valence electrons. The van der Waals surface area contributed by atoms with Gasteiger partial charge in [0.1, 0.15) is 5.56 Å². The smallest absolute Gasteiger partial charge is 0.344 e. The lowest BCUT2D eigenvalue weighted by Gasteiger charge is -2.17. The van der Waals surface area contributed by atoms with E-state index in [1.54, 1.807) is 19.0 Å². The maximum absolute atomic E-state index is 11.7. The van der Waals surface area contributed by atoms with Crippen molar-refractivity contribution in [2.24, 2.45) is 0 Å². The monoisotopic (exact) mass is 282 g/mol. The first-order valence-electron chi connectivity index (χ1n) is 5.49. The van der Waals surface area contributed by atoms with E-state index in [0.717, 1.165) is 13.2 Å². The van der Waals surface area contributed by atoms with Gasteiger partial charge < -0.3 is 14.4 Å². The van der Waals surface area contributed by atoms with Crippen LogP contribution in [0.25, 0.3) is 0 Å². The van der Waals surface area contributed by atoms with Crippen molar-refractivity contribution in [3.63, 3.8) is 0 Å². The van der Waals surface area contributed by atoms with Crippen LogP contribution in [0.5, 0.6) is 0 Å². The number of nitro groups is 1. The highest BCUT2D eigenvalue weighted by Crippen LogP contribution is 2.29. The summed E-state index contributed by atoms with van der Waals surface area (Å²) in [7, 11) is 5.56. The third-order valence-electron chi connectivity index (χ3n) is 2.60. The molecule has 0 radical (unpaired) electrons. The fraction of sp³-hybridized carbons (Fsp3) is 0.333. The van der Waals surface area contributed by atoms with Gasteiger partial charge in [-0.05, 0) is 6.07 Å². The van der Waals surface area contributed by atoms with Gasteiger partial charge in [-0.15, -0.1) is 0 Å². The van der Waals surface area contributed by atoms with Gasteiger partial charge >= 0.3 is 11.9 Å². The largest absolute Gasteiger partial charge is 0.465 e. The number of ether oxygens (including phenoxy) is 2. The fourth-order valence-electron chi connectivity index (χ4n) is 1.64. The molecule has 0 bridgehead atoms. The highest BCUT2D eigenvalue weighted by atomic mass is 16.6. The molecule has 0 saturated carbocycles. The van der Waals surface area contributed by atoms with Crippen LogP contribution in [0, 0.1) is 10.1 Å². The third-order valence-corrected chi connectivity index (χ3v) is 2.60. The predicted molar refractivity (Wildman–Crippen MR) is 70.1 cm³/mol. The molecule has 0 spiro atoms. The number of nitro benzene ring substituents is 1. The number of rotatable bonds is 4. The molecule has 8 heteroatoms. The zero-order valence-electron chi connectivity index (χ0n) is 11.5. The summed E-state index contributed by atoms with van der Waals surface area (Å²) < 4.78 is 9.09. The van der Waals surface area contributed by atoms with E-state index in [9.17, 15) is 19.7 Å². The number of esters is 2. The lowest BCUT2D eigenvalue weighted by Crippen LogP contribution is -2.17. The molecular formula is C12H14N2O6. The molecule has 0 saturated heterocycles. The topological polar surface area (TPSA) is 99.0 Å². The molecule has 0 aliphatic carbocycles.